The maximum Gasteiger partial charge on any atom is 0.232 e. The number of nitrogens with zero attached hydrogens (tertiary/aromatic N) is 1. The number of nitrogens with one attached hydrogen (secondary N) is 1. The largest absolute Gasteiger partial charge is 0.379 e. The average Bonchev–Trinajstić information content (AvgIpc) is 2.68. The maximum absolute atomic E-state index is 11.8. The minimum Gasteiger partial charge on any atom is -0.379 e. The summed E-state index contributed by atoms with van der Waals surface area (Å²) in [5.41, 5.74) is 6.81. The summed E-state index contributed by atoms with van der Waals surface area (Å²) in [6, 6.07) is 3.45. The number of hydrogen-bond donors (Lipinski definition) is 2. The lowest BCUT2D eigenvalue weighted by Crippen LogP contribution is -2.37. The molecule has 5 heteroatoms. The van der Waals surface area contributed by atoms with Crippen molar-refractivity contribution in [2.75, 3.05) is 18.5 Å². The number of anilines is 1. The minimum absolute atomic E-state index is 0.124. The van der Waals surface area contributed by atoms with Gasteiger partial charge < -0.3 is 15.8 Å². The summed E-state index contributed by atoms with van der Waals surface area (Å²) >= 11 is 0. The van der Waals surface area contributed by atoms with Crippen molar-refractivity contribution in [3.8, 4) is 0 Å². The predicted octanol–water partition coefficient (Wildman–Crippen LogP) is 0.302. The molecule has 0 spiro atoms. The van der Waals surface area contributed by atoms with Gasteiger partial charge in [-0.05, 0) is 18.6 Å². The Balaban J connectivity index is 1.99. The molecule has 0 saturated carbocycles. The third-order valence-corrected chi connectivity index (χ3v) is 2.62. The van der Waals surface area contributed by atoms with Crippen LogP contribution in [0, 0.1) is 12.8 Å². The molecule has 0 aromatic carbocycles. The lowest BCUT2D eigenvalue weighted by Gasteiger charge is -2.12. The van der Waals surface area contributed by atoms with Gasteiger partial charge in [0.15, 0.2) is 0 Å². The summed E-state index contributed by atoms with van der Waals surface area (Å²) in [6.07, 6.45) is 1.71. The zero-order chi connectivity index (χ0) is 11.5. The van der Waals surface area contributed by atoms with Crippen LogP contribution in [0.4, 0.5) is 5.82 Å². The Bertz CT molecular complexity index is 377. The quantitative estimate of drug-likeness (QED) is 0.753. The highest BCUT2D eigenvalue weighted by Crippen LogP contribution is 2.14. The maximum atomic E-state index is 11.8. The van der Waals surface area contributed by atoms with Crippen LogP contribution in [0.2, 0.25) is 0 Å². The highest BCUT2D eigenvalue weighted by atomic mass is 16.5. The molecule has 1 saturated heterocycles. The Morgan fingerprint density at radius 3 is 2.94 bits per heavy atom. The summed E-state index contributed by atoms with van der Waals surface area (Å²) in [4.78, 5) is 15.9. The second kappa shape index (κ2) is 4.59. The first kappa shape index (κ1) is 11.0. The molecule has 2 heterocycles. The Labute approximate surface area is 94.0 Å². The molecule has 16 heavy (non-hydrogen) atoms. The first-order valence-electron chi connectivity index (χ1n) is 5.23. The molecule has 1 amide bonds. The van der Waals surface area contributed by atoms with Crippen molar-refractivity contribution in [2.24, 2.45) is 11.7 Å². The molecular weight excluding hydrogens is 206 g/mol. The fourth-order valence-corrected chi connectivity index (χ4v) is 1.60. The van der Waals surface area contributed by atoms with Crippen molar-refractivity contribution in [1.82, 2.24) is 4.98 Å². The van der Waals surface area contributed by atoms with Gasteiger partial charge in [0.1, 0.15) is 5.82 Å². The van der Waals surface area contributed by atoms with Crippen molar-refractivity contribution >= 4 is 11.7 Å². The van der Waals surface area contributed by atoms with E-state index in [0.717, 1.165) is 5.56 Å². The number of pyridine rings is 1. The lowest BCUT2D eigenvalue weighted by atomic mass is 10.0. The normalized spacial score (nSPS) is 24.4. The van der Waals surface area contributed by atoms with Gasteiger partial charge in [0.2, 0.25) is 5.91 Å². The van der Waals surface area contributed by atoms with Gasteiger partial charge in [-0.2, -0.15) is 0 Å². The van der Waals surface area contributed by atoms with E-state index in [1.54, 1.807) is 12.3 Å². The lowest BCUT2D eigenvalue weighted by molar-refractivity contribution is -0.120. The van der Waals surface area contributed by atoms with Crippen molar-refractivity contribution in [1.29, 1.82) is 0 Å². The number of carbonyl (C=O) groups is 1. The van der Waals surface area contributed by atoms with E-state index in [-0.39, 0.29) is 17.9 Å². The SMILES string of the molecule is Cc1ccc(NC(=O)C2COCC2N)nc1. The van der Waals surface area contributed by atoms with Gasteiger partial charge in [-0.15, -0.1) is 0 Å². The molecule has 1 aromatic rings. The predicted molar refractivity (Wildman–Crippen MR) is 59.9 cm³/mol. The van der Waals surface area contributed by atoms with E-state index in [1.807, 2.05) is 13.0 Å². The van der Waals surface area contributed by atoms with E-state index in [2.05, 4.69) is 10.3 Å². The number of carbonyl (C=O) groups excluding carboxylic acids is 1. The van der Waals surface area contributed by atoms with Crippen LogP contribution in [0.1, 0.15) is 5.56 Å². The molecule has 1 fully saturated rings. The van der Waals surface area contributed by atoms with Crippen LogP contribution < -0.4 is 11.1 Å². The topological polar surface area (TPSA) is 77.2 Å². The van der Waals surface area contributed by atoms with E-state index in [4.69, 9.17) is 10.5 Å². The summed E-state index contributed by atoms with van der Waals surface area (Å²) in [7, 11) is 0. The molecule has 86 valence electrons. The molecule has 1 aliphatic rings. The minimum atomic E-state index is -0.275. The van der Waals surface area contributed by atoms with E-state index in [9.17, 15) is 4.79 Å². The smallest absolute Gasteiger partial charge is 0.232 e. The molecular formula is C11H15N3O2. The fraction of sp³-hybridized carbons (Fsp3) is 0.455. The van der Waals surface area contributed by atoms with E-state index in [0.29, 0.717) is 19.0 Å². The zero-order valence-corrected chi connectivity index (χ0v) is 9.14. The first-order valence-corrected chi connectivity index (χ1v) is 5.23. The van der Waals surface area contributed by atoms with Crippen LogP contribution in [0.15, 0.2) is 18.3 Å². The number of ether oxygens (including phenoxy) is 1. The molecule has 1 aromatic heterocycles. The van der Waals surface area contributed by atoms with Gasteiger partial charge in [-0.1, -0.05) is 6.07 Å². The van der Waals surface area contributed by atoms with Crippen LogP contribution in [-0.4, -0.2) is 30.1 Å². The van der Waals surface area contributed by atoms with Crippen molar-refractivity contribution in [3.63, 3.8) is 0 Å². The average molecular weight is 221 g/mol. The molecule has 0 radical (unpaired) electrons. The second-order valence-corrected chi connectivity index (χ2v) is 4.02. The van der Waals surface area contributed by atoms with Crippen molar-refractivity contribution in [3.05, 3.63) is 23.9 Å². The number of hydrogen-bond acceptors (Lipinski definition) is 4. The summed E-state index contributed by atoms with van der Waals surface area (Å²) < 4.78 is 5.14. The molecule has 2 atom stereocenters. The molecule has 5 nitrogen and oxygen atoms in total. The molecule has 0 aliphatic carbocycles. The fourth-order valence-electron chi connectivity index (χ4n) is 1.60. The van der Waals surface area contributed by atoms with Gasteiger partial charge in [0.25, 0.3) is 0 Å². The van der Waals surface area contributed by atoms with E-state index in [1.165, 1.54) is 0 Å². The van der Waals surface area contributed by atoms with Gasteiger partial charge in [0, 0.05) is 12.2 Å². The highest BCUT2D eigenvalue weighted by molar-refractivity contribution is 5.92. The van der Waals surface area contributed by atoms with Crippen LogP contribution in [0.3, 0.4) is 0 Å². The van der Waals surface area contributed by atoms with Gasteiger partial charge >= 0.3 is 0 Å². The molecule has 2 rings (SSSR count). The summed E-state index contributed by atoms with van der Waals surface area (Å²) in [6.45, 7) is 2.78. The summed E-state index contributed by atoms with van der Waals surface area (Å²) in [5, 5.41) is 2.73. The first-order chi connectivity index (χ1) is 7.66. The number of rotatable bonds is 2. The Morgan fingerprint density at radius 2 is 2.38 bits per heavy atom. The van der Waals surface area contributed by atoms with Crippen LogP contribution in [0.25, 0.3) is 0 Å². The standard InChI is InChI=1S/C11H15N3O2/c1-7-2-3-10(13-4-7)14-11(15)8-5-16-6-9(8)12/h2-4,8-9H,5-6,12H2,1H3,(H,13,14,15). The summed E-state index contributed by atoms with van der Waals surface area (Å²) in [5.74, 6) is 0.152. The highest BCUT2D eigenvalue weighted by Gasteiger charge is 2.31. The monoisotopic (exact) mass is 221 g/mol. The zero-order valence-electron chi connectivity index (χ0n) is 9.14. The molecule has 1 aliphatic heterocycles. The van der Waals surface area contributed by atoms with Gasteiger partial charge in [0.05, 0.1) is 19.1 Å². The Morgan fingerprint density at radius 1 is 1.56 bits per heavy atom. The van der Waals surface area contributed by atoms with E-state index >= 15 is 0 Å². The molecule has 0 bridgehead atoms. The van der Waals surface area contributed by atoms with Crippen molar-refractivity contribution in [2.45, 2.75) is 13.0 Å². The van der Waals surface area contributed by atoms with Crippen LogP contribution in [-0.2, 0) is 9.53 Å². The molecule has 2 unspecified atom stereocenters. The van der Waals surface area contributed by atoms with Crippen molar-refractivity contribution < 1.29 is 9.53 Å². The number of amides is 1. The van der Waals surface area contributed by atoms with Gasteiger partial charge in [-0.25, -0.2) is 4.98 Å². The van der Waals surface area contributed by atoms with E-state index < -0.39 is 0 Å². The Kier molecular flexibility index (Phi) is 3.17. The number of aryl methyl sites for hydroxylation is 1. The van der Waals surface area contributed by atoms with Gasteiger partial charge in [-0.3, -0.25) is 4.79 Å². The van der Waals surface area contributed by atoms with Crippen LogP contribution >= 0.6 is 0 Å². The van der Waals surface area contributed by atoms with Crippen LogP contribution in [0.5, 0.6) is 0 Å². The Hall–Kier alpha value is -1.46. The number of aromatic nitrogens is 1. The number of nitrogens with two attached hydrogens (primary N) is 1. The third-order valence-electron chi connectivity index (χ3n) is 2.62. The molecule has 3 N–H and O–H groups in total. The third kappa shape index (κ3) is 2.37. The second-order valence-electron chi connectivity index (χ2n) is 4.02.